The minimum absolute atomic E-state index is 1.09. The maximum atomic E-state index is 3.75. The molecule has 0 atom stereocenters. The molecule has 60 valence electrons. The molecule has 0 spiro atoms. The maximum absolute atomic E-state index is 3.75. The van der Waals surface area contributed by atoms with Crippen LogP contribution in [0.4, 0.5) is 0 Å². The van der Waals surface area contributed by atoms with Gasteiger partial charge in [-0.15, -0.1) is 0 Å². The monoisotopic (exact) mass is 149 g/mol. The molecule has 1 heterocycles. The predicted octanol–water partition coefficient (Wildman–Crippen LogP) is 2.71. The fourth-order valence-electron chi connectivity index (χ4n) is 1.42. The van der Waals surface area contributed by atoms with Crippen molar-refractivity contribution >= 4 is 6.20 Å². The van der Waals surface area contributed by atoms with E-state index in [2.05, 4.69) is 37.3 Å². The van der Waals surface area contributed by atoms with E-state index in [0.717, 1.165) is 12.8 Å². The molecule has 1 aromatic rings. The van der Waals surface area contributed by atoms with E-state index in [4.69, 9.17) is 0 Å². The van der Waals surface area contributed by atoms with Gasteiger partial charge >= 0.3 is 0 Å². The van der Waals surface area contributed by atoms with Gasteiger partial charge in [0.15, 0.2) is 0 Å². The molecular formula is C10H15N. The second-order valence-corrected chi connectivity index (χ2v) is 2.58. The van der Waals surface area contributed by atoms with Gasteiger partial charge in [-0.25, -0.2) is 0 Å². The smallest absolute Gasteiger partial charge is 0.0249 e. The van der Waals surface area contributed by atoms with Crippen molar-refractivity contribution in [1.29, 1.82) is 0 Å². The molecule has 0 saturated carbocycles. The first-order valence-electron chi connectivity index (χ1n) is 4.14. The Morgan fingerprint density at radius 3 is 2.64 bits per heavy atom. The summed E-state index contributed by atoms with van der Waals surface area (Å²) in [6.07, 6.45) is 6.13. The fraction of sp³-hybridized carbons (Fsp3) is 0.400. The zero-order valence-electron chi connectivity index (χ0n) is 7.30. The van der Waals surface area contributed by atoms with Gasteiger partial charge in [-0.1, -0.05) is 20.4 Å². The first kappa shape index (κ1) is 8.12. The van der Waals surface area contributed by atoms with E-state index < -0.39 is 0 Å². The van der Waals surface area contributed by atoms with Crippen LogP contribution in [-0.2, 0) is 12.8 Å². The highest BCUT2D eigenvalue weighted by Gasteiger charge is 2.01. The molecule has 0 aliphatic carbocycles. The van der Waals surface area contributed by atoms with Gasteiger partial charge in [0.1, 0.15) is 0 Å². The second-order valence-electron chi connectivity index (χ2n) is 2.58. The molecule has 1 nitrogen and oxygen atoms in total. The van der Waals surface area contributed by atoms with E-state index in [1.807, 2.05) is 6.20 Å². The highest BCUT2D eigenvalue weighted by molar-refractivity contribution is 5.31. The average molecular weight is 149 g/mol. The van der Waals surface area contributed by atoms with Gasteiger partial charge in [0.05, 0.1) is 0 Å². The Hall–Kier alpha value is -0.980. The summed E-state index contributed by atoms with van der Waals surface area (Å²) in [6, 6.07) is 2.17. The summed E-state index contributed by atoms with van der Waals surface area (Å²) in [5.74, 6) is 0. The Kier molecular flexibility index (Phi) is 2.53. The second kappa shape index (κ2) is 3.42. The van der Waals surface area contributed by atoms with E-state index in [1.54, 1.807) is 0 Å². The van der Waals surface area contributed by atoms with Gasteiger partial charge in [0.25, 0.3) is 0 Å². The van der Waals surface area contributed by atoms with Crippen LogP contribution in [0.2, 0.25) is 0 Å². The third kappa shape index (κ3) is 1.37. The summed E-state index contributed by atoms with van der Waals surface area (Å²) >= 11 is 0. The zero-order chi connectivity index (χ0) is 8.27. The van der Waals surface area contributed by atoms with Gasteiger partial charge < -0.3 is 4.57 Å². The number of aryl methyl sites for hydroxylation is 1. The number of rotatable bonds is 3. The van der Waals surface area contributed by atoms with E-state index in [1.165, 1.54) is 11.3 Å². The normalized spacial score (nSPS) is 10.0. The molecule has 0 aliphatic rings. The van der Waals surface area contributed by atoms with Gasteiger partial charge in [-0.3, -0.25) is 0 Å². The molecule has 0 aliphatic heterocycles. The molecule has 1 rings (SSSR count). The molecule has 0 unspecified atom stereocenters. The number of aromatic nitrogens is 1. The van der Waals surface area contributed by atoms with Crippen LogP contribution in [0.1, 0.15) is 25.1 Å². The Labute approximate surface area is 68.4 Å². The minimum atomic E-state index is 1.09. The van der Waals surface area contributed by atoms with Crippen molar-refractivity contribution in [2.75, 3.05) is 0 Å². The largest absolute Gasteiger partial charge is 0.328 e. The molecule has 11 heavy (non-hydrogen) atoms. The SMILES string of the molecule is C=Cn1ccc(CC)c1CC. The molecule has 0 N–H and O–H groups in total. The lowest BCUT2D eigenvalue weighted by atomic mass is 10.1. The highest BCUT2D eigenvalue weighted by atomic mass is 14.9. The van der Waals surface area contributed by atoms with Crippen molar-refractivity contribution in [2.45, 2.75) is 26.7 Å². The summed E-state index contributed by atoms with van der Waals surface area (Å²) in [6.45, 7) is 8.11. The summed E-state index contributed by atoms with van der Waals surface area (Å²) < 4.78 is 2.10. The Morgan fingerprint density at radius 1 is 1.45 bits per heavy atom. The standard InChI is InChI=1S/C10H15N/c1-4-9-7-8-11(6-3)10(9)5-2/h6-8H,3-5H2,1-2H3. The van der Waals surface area contributed by atoms with E-state index in [-0.39, 0.29) is 0 Å². The lowest BCUT2D eigenvalue weighted by molar-refractivity contribution is 0.943. The van der Waals surface area contributed by atoms with E-state index >= 15 is 0 Å². The predicted molar refractivity (Wildman–Crippen MR) is 49.6 cm³/mol. The lowest BCUT2D eigenvalue weighted by Crippen LogP contribution is -1.94. The molecule has 0 radical (unpaired) electrons. The van der Waals surface area contributed by atoms with Crippen LogP contribution in [0.25, 0.3) is 6.20 Å². The van der Waals surface area contributed by atoms with E-state index in [0.29, 0.717) is 0 Å². The van der Waals surface area contributed by atoms with Crippen molar-refractivity contribution in [3.8, 4) is 0 Å². The number of hydrogen-bond acceptors (Lipinski definition) is 0. The zero-order valence-corrected chi connectivity index (χ0v) is 7.30. The molecule has 0 bridgehead atoms. The lowest BCUT2D eigenvalue weighted by Gasteiger charge is -2.02. The van der Waals surface area contributed by atoms with Crippen LogP contribution in [0, 0.1) is 0 Å². The molecule has 1 aromatic heterocycles. The summed E-state index contributed by atoms with van der Waals surface area (Å²) in [4.78, 5) is 0. The van der Waals surface area contributed by atoms with Crippen molar-refractivity contribution in [3.05, 3.63) is 30.1 Å². The van der Waals surface area contributed by atoms with Crippen LogP contribution in [0.3, 0.4) is 0 Å². The van der Waals surface area contributed by atoms with Crippen LogP contribution >= 0.6 is 0 Å². The molecule has 0 aromatic carbocycles. The molecule has 1 heteroatoms. The molecule has 0 saturated heterocycles. The maximum Gasteiger partial charge on any atom is 0.0249 e. The van der Waals surface area contributed by atoms with Crippen LogP contribution in [0.5, 0.6) is 0 Å². The molecule has 0 amide bonds. The van der Waals surface area contributed by atoms with Crippen molar-refractivity contribution in [3.63, 3.8) is 0 Å². The summed E-state index contributed by atoms with van der Waals surface area (Å²) in [5.41, 5.74) is 2.83. The van der Waals surface area contributed by atoms with Crippen molar-refractivity contribution < 1.29 is 0 Å². The average Bonchev–Trinajstić information content (AvgIpc) is 2.45. The highest BCUT2D eigenvalue weighted by Crippen LogP contribution is 2.12. The van der Waals surface area contributed by atoms with Crippen molar-refractivity contribution in [2.24, 2.45) is 0 Å². The first-order chi connectivity index (χ1) is 5.33. The van der Waals surface area contributed by atoms with Gasteiger partial charge in [-0.2, -0.15) is 0 Å². The minimum Gasteiger partial charge on any atom is -0.328 e. The summed E-state index contributed by atoms with van der Waals surface area (Å²) in [7, 11) is 0. The fourth-order valence-corrected chi connectivity index (χ4v) is 1.42. The van der Waals surface area contributed by atoms with Crippen molar-refractivity contribution in [1.82, 2.24) is 4.57 Å². The van der Waals surface area contributed by atoms with Crippen LogP contribution < -0.4 is 0 Å². The van der Waals surface area contributed by atoms with E-state index in [9.17, 15) is 0 Å². The third-order valence-electron chi connectivity index (χ3n) is 2.03. The van der Waals surface area contributed by atoms with Gasteiger partial charge in [0, 0.05) is 18.1 Å². The first-order valence-corrected chi connectivity index (χ1v) is 4.14. The van der Waals surface area contributed by atoms with Gasteiger partial charge in [-0.05, 0) is 24.5 Å². The summed E-state index contributed by atoms with van der Waals surface area (Å²) in [5, 5.41) is 0. The third-order valence-corrected chi connectivity index (χ3v) is 2.03. The molecule has 0 fully saturated rings. The number of hydrogen-bond donors (Lipinski definition) is 0. The quantitative estimate of drug-likeness (QED) is 0.622. The van der Waals surface area contributed by atoms with Gasteiger partial charge in [0.2, 0.25) is 0 Å². The molecular weight excluding hydrogens is 134 g/mol. The Morgan fingerprint density at radius 2 is 2.18 bits per heavy atom. The number of nitrogens with zero attached hydrogens (tertiary/aromatic N) is 1. The Bertz CT molecular complexity index is 245. The topological polar surface area (TPSA) is 4.93 Å². The van der Waals surface area contributed by atoms with Crippen LogP contribution in [0.15, 0.2) is 18.8 Å². The van der Waals surface area contributed by atoms with Crippen LogP contribution in [-0.4, -0.2) is 4.57 Å². The Balaban J connectivity index is 3.08.